The Morgan fingerprint density at radius 1 is 1.38 bits per heavy atom. The fraction of sp³-hybridized carbons (Fsp3) is 0.615. The van der Waals surface area contributed by atoms with Crippen LogP contribution in [0.3, 0.4) is 0 Å². The van der Waals surface area contributed by atoms with Crippen molar-refractivity contribution in [2.45, 2.75) is 19.1 Å². The van der Waals surface area contributed by atoms with E-state index in [2.05, 4.69) is 21.9 Å². The van der Waals surface area contributed by atoms with Gasteiger partial charge in [0.1, 0.15) is 0 Å². The SMILES string of the molecule is CN1CCN(c2cnn(CC(O)CC(=O)O)c(=O)c2)CC1. The lowest BCUT2D eigenvalue weighted by molar-refractivity contribution is -0.139. The fourth-order valence-electron chi connectivity index (χ4n) is 2.26. The first kappa shape index (κ1) is 15.5. The van der Waals surface area contributed by atoms with Gasteiger partial charge >= 0.3 is 5.97 Å². The number of aromatic nitrogens is 2. The summed E-state index contributed by atoms with van der Waals surface area (Å²) in [5.74, 6) is -1.11. The number of carbonyl (C=O) groups is 1. The minimum Gasteiger partial charge on any atom is -0.481 e. The maximum Gasteiger partial charge on any atom is 0.306 e. The van der Waals surface area contributed by atoms with E-state index < -0.39 is 18.5 Å². The van der Waals surface area contributed by atoms with Gasteiger partial charge < -0.3 is 20.0 Å². The summed E-state index contributed by atoms with van der Waals surface area (Å²) in [5.41, 5.74) is 0.424. The second-order valence-corrected chi connectivity index (χ2v) is 5.28. The number of piperazine rings is 1. The molecular formula is C13H20N4O4. The summed E-state index contributed by atoms with van der Waals surface area (Å²) >= 11 is 0. The Labute approximate surface area is 122 Å². The second-order valence-electron chi connectivity index (χ2n) is 5.28. The molecular weight excluding hydrogens is 276 g/mol. The highest BCUT2D eigenvalue weighted by molar-refractivity contribution is 5.67. The van der Waals surface area contributed by atoms with E-state index >= 15 is 0 Å². The number of aliphatic hydroxyl groups excluding tert-OH is 1. The highest BCUT2D eigenvalue weighted by Crippen LogP contribution is 2.12. The van der Waals surface area contributed by atoms with E-state index in [0.717, 1.165) is 36.5 Å². The molecule has 8 heteroatoms. The van der Waals surface area contributed by atoms with Crippen LogP contribution in [0.5, 0.6) is 0 Å². The topological polar surface area (TPSA) is 98.9 Å². The average Bonchev–Trinajstić information content (AvgIpc) is 2.41. The molecule has 116 valence electrons. The highest BCUT2D eigenvalue weighted by Gasteiger charge is 2.16. The third kappa shape index (κ3) is 4.27. The molecule has 0 radical (unpaired) electrons. The van der Waals surface area contributed by atoms with Crippen molar-refractivity contribution < 1.29 is 15.0 Å². The number of aliphatic carboxylic acids is 1. The second kappa shape index (κ2) is 6.68. The predicted molar refractivity (Wildman–Crippen MR) is 76.5 cm³/mol. The number of carboxylic acids is 1. The molecule has 1 saturated heterocycles. The third-order valence-corrected chi connectivity index (χ3v) is 3.52. The largest absolute Gasteiger partial charge is 0.481 e. The third-order valence-electron chi connectivity index (χ3n) is 3.52. The normalized spacial score (nSPS) is 17.7. The molecule has 1 aliphatic rings. The molecule has 1 fully saturated rings. The summed E-state index contributed by atoms with van der Waals surface area (Å²) < 4.78 is 1.09. The standard InChI is InChI=1S/C13H20N4O4/c1-15-2-4-16(5-3-15)10-6-12(19)17(14-8-10)9-11(18)7-13(20)21/h6,8,11,18H,2-5,7,9H2,1H3,(H,20,21). The number of rotatable bonds is 5. The molecule has 8 nitrogen and oxygen atoms in total. The van der Waals surface area contributed by atoms with Crippen LogP contribution in [0.15, 0.2) is 17.1 Å². The summed E-state index contributed by atoms with van der Waals surface area (Å²) in [6.07, 6.45) is 0.0522. The molecule has 0 aromatic carbocycles. The van der Waals surface area contributed by atoms with Gasteiger partial charge in [-0.1, -0.05) is 0 Å². The van der Waals surface area contributed by atoms with Gasteiger partial charge in [-0.2, -0.15) is 5.10 Å². The number of aliphatic hydroxyl groups is 1. The van der Waals surface area contributed by atoms with Crippen molar-refractivity contribution in [1.29, 1.82) is 0 Å². The van der Waals surface area contributed by atoms with Crippen molar-refractivity contribution in [3.05, 3.63) is 22.6 Å². The van der Waals surface area contributed by atoms with Crippen molar-refractivity contribution in [3.8, 4) is 0 Å². The van der Waals surface area contributed by atoms with E-state index in [0.29, 0.717) is 0 Å². The zero-order valence-electron chi connectivity index (χ0n) is 12.0. The van der Waals surface area contributed by atoms with E-state index in [-0.39, 0.29) is 12.1 Å². The first-order valence-electron chi connectivity index (χ1n) is 6.86. The zero-order valence-corrected chi connectivity index (χ0v) is 12.0. The van der Waals surface area contributed by atoms with Gasteiger partial charge in [-0.15, -0.1) is 0 Å². The monoisotopic (exact) mass is 296 g/mol. The van der Waals surface area contributed by atoms with Crippen molar-refractivity contribution in [2.24, 2.45) is 0 Å². The van der Waals surface area contributed by atoms with Crippen LogP contribution in [0.1, 0.15) is 6.42 Å². The van der Waals surface area contributed by atoms with Gasteiger partial charge in [0.25, 0.3) is 5.56 Å². The molecule has 0 amide bonds. The van der Waals surface area contributed by atoms with Gasteiger partial charge in [0.15, 0.2) is 0 Å². The van der Waals surface area contributed by atoms with Gasteiger partial charge in [0.05, 0.1) is 31.0 Å². The summed E-state index contributed by atoms with van der Waals surface area (Å²) in [6, 6.07) is 1.48. The lowest BCUT2D eigenvalue weighted by Gasteiger charge is -2.33. The fourth-order valence-corrected chi connectivity index (χ4v) is 2.26. The van der Waals surface area contributed by atoms with Crippen LogP contribution in [0.25, 0.3) is 0 Å². The quantitative estimate of drug-likeness (QED) is 0.706. The maximum absolute atomic E-state index is 12.0. The van der Waals surface area contributed by atoms with Crippen LogP contribution in [0.4, 0.5) is 5.69 Å². The first-order valence-corrected chi connectivity index (χ1v) is 6.86. The molecule has 2 rings (SSSR count). The maximum atomic E-state index is 12.0. The number of nitrogens with zero attached hydrogens (tertiary/aromatic N) is 4. The van der Waals surface area contributed by atoms with E-state index in [1.807, 2.05) is 0 Å². The van der Waals surface area contributed by atoms with Crippen LogP contribution >= 0.6 is 0 Å². The molecule has 2 heterocycles. The molecule has 1 unspecified atom stereocenters. The van der Waals surface area contributed by atoms with Gasteiger partial charge in [0.2, 0.25) is 0 Å². The molecule has 2 N–H and O–H groups in total. The Bertz CT molecular complexity index is 551. The summed E-state index contributed by atoms with van der Waals surface area (Å²) in [5, 5.41) is 22.2. The number of anilines is 1. The Kier molecular flexibility index (Phi) is 4.92. The number of hydrogen-bond donors (Lipinski definition) is 2. The minimum atomic E-state index is -1.12. The molecule has 0 bridgehead atoms. The molecule has 0 spiro atoms. The lowest BCUT2D eigenvalue weighted by Crippen LogP contribution is -2.45. The van der Waals surface area contributed by atoms with E-state index in [1.54, 1.807) is 6.20 Å². The Balaban J connectivity index is 2.03. The molecule has 0 saturated carbocycles. The van der Waals surface area contributed by atoms with Crippen LogP contribution in [-0.2, 0) is 11.3 Å². The summed E-state index contributed by atoms with van der Waals surface area (Å²) in [6.45, 7) is 3.42. The van der Waals surface area contributed by atoms with Crippen LogP contribution in [0, 0.1) is 0 Å². The van der Waals surface area contributed by atoms with E-state index in [1.165, 1.54) is 6.07 Å². The number of likely N-dealkylation sites (N-methyl/N-ethyl adjacent to an activating group) is 1. The number of carboxylic acid groups (broad SMARTS) is 1. The molecule has 21 heavy (non-hydrogen) atoms. The average molecular weight is 296 g/mol. The lowest BCUT2D eigenvalue weighted by atomic mass is 10.2. The Hall–Kier alpha value is -1.93. The highest BCUT2D eigenvalue weighted by atomic mass is 16.4. The van der Waals surface area contributed by atoms with Crippen LogP contribution in [-0.4, -0.2) is 70.2 Å². The van der Waals surface area contributed by atoms with Crippen LogP contribution in [0.2, 0.25) is 0 Å². The van der Waals surface area contributed by atoms with Gasteiger partial charge in [0, 0.05) is 32.2 Å². The number of hydrogen-bond acceptors (Lipinski definition) is 6. The Morgan fingerprint density at radius 2 is 2.05 bits per heavy atom. The van der Waals surface area contributed by atoms with Gasteiger partial charge in [-0.3, -0.25) is 9.59 Å². The van der Waals surface area contributed by atoms with E-state index in [9.17, 15) is 14.7 Å². The van der Waals surface area contributed by atoms with Gasteiger partial charge in [-0.05, 0) is 7.05 Å². The predicted octanol–water partition coefficient (Wildman–Crippen LogP) is -1.17. The molecule has 1 aliphatic heterocycles. The van der Waals surface area contributed by atoms with E-state index in [4.69, 9.17) is 5.11 Å². The molecule has 1 atom stereocenters. The summed E-state index contributed by atoms with van der Waals surface area (Å²) in [4.78, 5) is 26.8. The smallest absolute Gasteiger partial charge is 0.306 e. The first-order chi connectivity index (χ1) is 9.95. The van der Waals surface area contributed by atoms with Crippen LogP contribution < -0.4 is 10.5 Å². The molecule has 1 aromatic rings. The molecule has 1 aromatic heterocycles. The zero-order chi connectivity index (χ0) is 15.4. The molecule has 0 aliphatic carbocycles. The van der Waals surface area contributed by atoms with Crippen molar-refractivity contribution in [2.75, 3.05) is 38.1 Å². The van der Waals surface area contributed by atoms with Crippen molar-refractivity contribution >= 4 is 11.7 Å². The van der Waals surface area contributed by atoms with Gasteiger partial charge in [-0.25, -0.2) is 4.68 Å². The van der Waals surface area contributed by atoms with Crippen molar-refractivity contribution in [3.63, 3.8) is 0 Å². The summed E-state index contributed by atoms with van der Waals surface area (Å²) in [7, 11) is 2.05. The minimum absolute atomic E-state index is 0.117. The van der Waals surface area contributed by atoms with Crippen molar-refractivity contribution in [1.82, 2.24) is 14.7 Å². The Morgan fingerprint density at radius 3 is 2.62 bits per heavy atom.